The number of benzene rings is 2. The molecule has 0 fully saturated rings. The Bertz CT molecular complexity index is 792. The topological polar surface area (TPSA) is 64.1 Å². The van der Waals surface area contributed by atoms with Gasteiger partial charge in [-0.25, -0.2) is 0 Å². The van der Waals surface area contributed by atoms with Crippen LogP contribution in [0, 0.1) is 0 Å². The van der Waals surface area contributed by atoms with E-state index in [1.807, 2.05) is 49.4 Å². The van der Waals surface area contributed by atoms with Crippen molar-refractivity contribution in [2.45, 2.75) is 6.92 Å². The highest BCUT2D eigenvalue weighted by molar-refractivity contribution is 7.80. The Morgan fingerprint density at radius 1 is 1.17 bits per heavy atom. The highest BCUT2D eigenvalue weighted by atomic mass is 32.1. The molecule has 0 bridgehead atoms. The molecule has 0 atom stereocenters. The SMILES string of the molecule is COc1cccc(NC(=S)NN=C(C)c2ccc3c(c2)OCO3)c1. The van der Waals surface area contributed by atoms with Crippen LogP contribution in [0.5, 0.6) is 17.2 Å². The second-order valence-corrected chi connectivity index (χ2v) is 5.47. The first-order chi connectivity index (χ1) is 11.7. The number of nitrogens with zero attached hydrogens (tertiary/aromatic N) is 1. The van der Waals surface area contributed by atoms with Gasteiger partial charge in [0.05, 0.1) is 12.8 Å². The number of methoxy groups -OCH3 is 1. The Hall–Kier alpha value is -2.80. The van der Waals surface area contributed by atoms with Gasteiger partial charge >= 0.3 is 0 Å². The minimum absolute atomic E-state index is 0.252. The highest BCUT2D eigenvalue weighted by Crippen LogP contribution is 2.32. The van der Waals surface area contributed by atoms with E-state index >= 15 is 0 Å². The summed E-state index contributed by atoms with van der Waals surface area (Å²) in [6, 6.07) is 13.2. The molecule has 0 saturated carbocycles. The van der Waals surface area contributed by atoms with E-state index in [-0.39, 0.29) is 6.79 Å². The van der Waals surface area contributed by atoms with Crippen molar-refractivity contribution in [1.82, 2.24) is 5.43 Å². The minimum Gasteiger partial charge on any atom is -0.497 e. The van der Waals surface area contributed by atoms with Crippen molar-refractivity contribution in [3.63, 3.8) is 0 Å². The number of hydrazone groups is 1. The van der Waals surface area contributed by atoms with E-state index in [1.54, 1.807) is 7.11 Å². The predicted octanol–water partition coefficient (Wildman–Crippen LogP) is 3.13. The van der Waals surface area contributed by atoms with Crippen molar-refractivity contribution in [2.75, 3.05) is 19.2 Å². The van der Waals surface area contributed by atoms with Crippen LogP contribution >= 0.6 is 12.2 Å². The molecule has 7 heteroatoms. The first-order valence-electron chi connectivity index (χ1n) is 7.31. The normalized spacial score (nSPS) is 12.7. The maximum absolute atomic E-state index is 5.37. The molecule has 0 saturated heterocycles. The van der Waals surface area contributed by atoms with Crippen molar-refractivity contribution >= 4 is 28.7 Å². The molecule has 2 aromatic carbocycles. The van der Waals surface area contributed by atoms with E-state index in [2.05, 4.69) is 15.8 Å². The Labute approximate surface area is 145 Å². The molecule has 2 aromatic rings. The minimum atomic E-state index is 0.252. The third-order valence-electron chi connectivity index (χ3n) is 3.44. The quantitative estimate of drug-likeness (QED) is 0.505. The molecule has 0 amide bonds. The van der Waals surface area contributed by atoms with E-state index in [4.69, 9.17) is 26.4 Å². The number of fused-ring (bicyclic) bond motifs is 1. The summed E-state index contributed by atoms with van der Waals surface area (Å²) in [5, 5.41) is 7.74. The monoisotopic (exact) mass is 343 g/mol. The summed E-state index contributed by atoms with van der Waals surface area (Å²) in [5.74, 6) is 2.22. The molecule has 2 N–H and O–H groups in total. The van der Waals surface area contributed by atoms with Crippen LogP contribution in [-0.2, 0) is 0 Å². The summed E-state index contributed by atoms with van der Waals surface area (Å²) in [6.45, 7) is 2.14. The second kappa shape index (κ2) is 7.18. The number of ether oxygens (including phenoxy) is 3. The molecule has 6 nitrogen and oxygen atoms in total. The van der Waals surface area contributed by atoms with Gasteiger partial charge in [0.15, 0.2) is 16.6 Å². The van der Waals surface area contributed by atoms with Gasteiger partial charge in [0.1, 0.15) is 5.75 Å². The van der Waals surface area contributed by atoms with Gasteiger partial charge in [-0.1, -0.05) is 6.07 Å². The molecule has 0 aromatic heterocycles. The number of nitrogens with one attached hydrogen (secondary N) is 2. The van der Waals surface area contributed by atoms with E-state index in [1.165, 1.54) is 0 Å². The van der Waals surface area contributed by atoms with Crippen LogP contribution in [0.2, 0.25) is 0 Å². The van der Waals surface area contributed by atoms with Crippen LogP contribution in [-0.4, -0.2) is 24.7 Å². The van der Waals surface area contributed by atoms with Gasteiger partial charge in [-0.05, 0) is 49.5 Å². The van der Waals surface area contributed by atoms with Crippen molar-refractivity contribution in [3.05, 3.63) is 48.0 Å². The summed E-state index contributed by atoms with van der Waals surface area (Å²) < 4.78 is 15.8. The van der Waals surface area contributed by atoms with Crippen LogP contribution in [0.25, 0.3) is 0 Å². The standard InChI is InChI=1S/C17H17N3O3S/c1-11(12-6-7-15-16(8-12)23-10-22-15)19-20-17(24)18-13-4-3-5-14(9-13)21-2/h3-9H,10H2,1-2H3,(H2,18,20,24). The van der Waals surface area contributed by atoms with Crippen LogP contribution in [0.15, 0.2) is 47.6 Å². The fourth-order valence-electron chi connectivity index (χ4n) is 2.18. The molecular weight excluding hydrogens is 326 g/mol. The molecule has 1 heterocycles. The van der Waals surface area contributed by atoms with Gasteiger partial charge in [0.2, 0.25) is 6.79 Å². The molecular formula is C17H17N3O3S. The van der Waals surface area contributed by atoms with Gasteiger partial charge < -0.3 is 19.5 Å². The highest BCUT2D eigenvalue weighted by Gasteiger charge is 2.14. The number of hydrogen-bond acceptors (Lipinski definition) is 5. The van der Waals surface area contributed by atoms with Gasteiger partial charge in [-0.15, -0.1) is 0 Å². The molecule has 1 aliphatic rings. The van der Waals surface area contributed by atoms with Crippen LogP contribution < -0.4 is 25.0 Å². The number of rotatable bonds is 4. The number of thiocarbonyl (C=S) groups is 1. The lowest BCUT2D eigenvalue weighted by Gasteiger charge is -2.09. The Morgan fingerprint density at radius 2 is 2.00 bits per heavy atom. The molecule has 0 unspecified atom stereocenters. The van der Waals surface area contributed by atoms with Crippen LogP contribution in [0.1, 0.15) is 12.5 Å². The zero-order valence-corrected chi connectivity index (χ0v) is 14.1. The number of anilines is 1. The lowest BCUT2D eigenvalue weighted by molar-refractivity contribution is 0.174. The molecule has 0 spiro atoms. The van der Waals surface area contributed by atoms with E-state index in [0.29, 0.717) is 5.11 Å². The third-order valence-corrected chi connectivity index (χ3v) is 3.64. The Morgan fingerprint density at radius 3 is 2.83 bits per heavy atom. The zero-order chi connectivity index (χ0) is 16.9. The first-order valence-corrected chi connectivity index (χ1v) is 7.72. The summed E-state index contributed by atoms with van der Waals surface area (Å²) >= 11 is 5.25. The molecule has 24 heavy (non-hydrogen) atoms. The summed E-state index contributed by atoms with van der Waals surface area (Å²) in [7, 11) is 1.62. The average molecular weight is 343 g/mol. The average Bonchev–Trinajstić information content (AvgIpc) is 3.07. The molecule has 0 aliphatic carbocycles. The Balaban J connectivity index is 1.62. The van der Waals surface area contributed by atoms with Crippen molar-refractivity contribution < 1.29 is 14.2 Å². The zero-order valence-electron chi connectivity index (χ0n) is 13.3. The largest absolute Gasteiger partial charge is 0.497 e. The summed E-state index contributed by atoms with van der Waals surface area (Å²) in [4.78, 5) is 0. The van der Waals surface area contributed by atoms with Crippen molar-refractivity contribution in [3.8, 4) is 17.2 Å². The molecule has 3 rings (SSSR count). The lowest BCUT2D eigenvalue weighted by atomic mass is 10.1. The van der Waals surface area contributed by atoms with E-state index in [9.17, 15) is 0 Å². The van der Waals surface area contributed by atoms with Crippen molar-refractivity contribution in [2.24, 2.45) is 5.10 Å². The maximum atomic E-state index is 5.37. The van der Waals surface area contributed by atoms with Gasteiger partial charge in [-0.2, -0.15) is 5.10 Å². The van der Waals surface area contributed by atoms with E-state index < -0.39 is 0 Å². The summed E-state index contributed by atoms with van der Waals surface area (Å²) in [5.41, 5.74) is 5.36. The fourth-order valence-corrected chi connectivity index (χ4v) is 2.34. The first kappa shape index (κ1) is 16.1. The van der Waals surface area contributed by atoms with Gasteiger partial charge in [0, 0.05) is 17.3 Å². The lowest BCUT2D eigenvalue weighted by Crippen LogP contribution is -2.24. The van der Waals surface area contributed by atoms with E-state index in [0.717, 1.165) is 34.2 Å². The number of hydrogen-bond donors (Lipinski definition) is 2. The van der Waals surface area contributed by atoms with Crippen LogP contribution in [0.4, 0.5) is 5.69 Å². The molecule has 0 radical (unpaired) electrons. The molecule has 1 aliphatic heterocycles. The Kier molecular flexibility index (Phi) is 4.81. The second-order valence-electron chi connectivity index (χ2n) is 5.06. The fraction of sp³-hybridized carbons (Fsp3) is 0.176. The van der Waals surface area contributed by atoms with Crippen molar-refractivity contribution in [1.29, 1.82) is 0 Å². The smallest absolute Gasteiger partial charge is 0.231 e. The van der Waals surface area contributed by atoms with Gasteiger partial charge in [-0.3, -0.25) is 5.43 Å². The third kappa shape index (κ3) is 3.75. The van der Waals surface area contributed by atoms with Crippen LogP contribution in [0.3, 0.4) is 0 Å². The predicted molar refractivity (Wildman–Crippen MR) is 97.1 cm³/mol. The molecule has 124 valence electrons. The van der Waals surface area contributed by atoms with Gasteiger partial charge in [0.25, 0.3) is 0 Å². The summed E-state index contributed by atoms with van der Waals surface area (Å²) in [6.07, 6.45) is 0. The maximum Gasteiger partial charge on any atom is 0.231 e.